The first-order valence-electron chi connectivity index (χ1n) is 8.64. The van der Waals surface area contributed by atoms with Gasteiger partial charge in [-0.1, -0.05) is 24.3 Å². The van der Waals surface area contributed by atoms with Gasteiger partial charge in [0.25, 0.3) is 0 Å². The fourth-order valence-corrected chi connectivity index (χ4v) is 3.35. The first-order valence-corrected chi connectivity index (χ1v) is 10.0. The van der Waals surface area contributed by atoms with Gasteiger partial charge in [-0.25, -0.2) is 0 Å². The second-order valence-electron chi connectivity index (χ2n) is 6.23. The van der Waals surface area contributed by atoms with E-state index in [-0.39, 0.29) is 5.91 Å². The van der Waals surface area contributed by atoms with Gasteiger partial charge in [0.2, 0.25) is 5.91 Å². The third-order valence-corrected chi connectivity index (χ3v) is 4.98. The van der Waals surface area contributed by atoms with Crippen LogP contribution in [-0.2, 0) is 4.79 Å². The summed E-state index contributed by atoms with van der Waals surface area (Å²) in [5.41, 5.74) is 11.4. The number of hydrogen-bond donors (Lipinski definition) is 2. The van der Waals surface area contributed by atoms with E-state index in [1.807, 2.05) is 24.5 Å². The van der Waals surface area contributed by atoms with Crippen LogP contribution >= 0.6 is 11.8 Å². The number of nitrogens with one attached hydrogen (secondary N) is 1. The predicted molar refractivity (Wildman–Crippen MR) is 109 cm³/mol. The van der Waals surface area contributed by atoms with Crippen molar-refractivity contribution in [2.75, 3.05) is 12.0 Å². The van der Waals surface area contributed by atoms with Gasteiger partial charge in [-0.05, 0) is 65.0 Å². The van der Waals surface area contributed by atoms with Crippen molar-refractivity contribution in [1.82, 2.24) is 10.3 Å². The van der Waals surface area contributed by atoms with E-state index in [1.54, 1.807) is 24.2 Å². The molecule has 1 atom stereocenters. The Hall–Kier alpha value is -2.37. The van der Waals surface area contributed by atoms with Crippen LogP contribution in [0.15, 0.2) is 66.6 Å². The van der Waals surface area contributed by atoms with Crippen LogP contribution in [0.2, 0.25) is 0 Å². The van der Waals surface area contributed by atoms with E-state index in [0.29, 0.717) is 6.42 Å². The largest absolute Gasteiger partial charge is 0.328 e. The van der Waals surface area contributed by atoms with E-state index < -0.39 is 6.04 Å². The Morgan fingerprint density at radius 2 is 2.00 bits per heavy atom. The Bertz CT molecular complexity index is 830. The normalized spacial score (nSPS) is 14.5. The van der Waals surface area contributed by atoms with Gasteiger partial charge in [0, 0.05) is 24.5 Å². The molecule has 0 saturated heterocycles. The number of carbonyl (C=O) groups is 1. The van der Waals surface area contributed by atoms with Gasteiger partial charge in [-0.15, -0.1) is 0 Å². The van der Waals surface area contributed by atoms with Crippen LogP contribution in [0, 0.1) is 0 Å². The molecule has 1 aromatic heterocycles. The molecule has 3 rings (SSSR count). The average Bonchev–Trinajstić information content (AvgIpc) is 3.15. The molecule has 0 saturated carbocycles. The highest BCUT2D eigenvalue weighted by Crippen LogP contribution is 2.28. The minimum atomic E-state index is -0.456. The molecule has 0 unspecified atom stereocenters. The summed E-state index contributed by atoms with van der Waals surface area (Å²) >= 11 is 1.70. The number of aromatic nitrogens is 1. The number of thioether (sulfide) groups is 1. The number of benzene rings is 1. The summed E-state index contributed by atoms with van der Waals surface area (Å²) in [5, 5.41) is 2.96. The molecule has 0 fully saturated rings. The number of carbonyl (C=O) groups excluding carboxylic acids is 1. The van der Waals surface area contributed by atoms with Crippen LogP contribution < -0.4 is 11.1 Å². The fraction of sp³-hybridized carbons (Fsp3) is 0.238. The van der Waals surface area contributed by atoms with Crippen LogP contribution in [0.5, 0.6) is 0 Å². The van der Waals surface area contributed by atoms with E-state index >= 15 is 0 Å². The molecule has 1 heterocycles. The van der Waals surface area contributed by atoms with E-state index in [9.17, 15) is 4.79 Å². The van der Waals surface area contributed by atoms with Crippen LogP contribution in [0.1, 0.15) is 18.4 Å². The number of pyridine rings is 1. The van der Waals surface area contributed by atoms with Crippen molar-refractivity contribution in [3.8, 4) is 11.1 Å². The van der Waals surface area contributed by atoms with Gasteiger partial charge < -0.3 is 11.1 Å². The summed E-state index contributed by atoms with van der Waals surface area (Å²) in [4.78, 5) is 16.2. The van der Waals surface area contributed by atoms with E-state index in [0.717, 1.165) is 40.1 Å². The van der Waals surface area contributed by atoms with E-state index in [1.165, 1.54) is 0 Å². The van der Waals surface area contributed by atoms with Crippen molar-refractivity contribution in [1.29, 1.82) is 0 Å². The van der Waals surface area contributed by atoms with Crippen LogP contribution in [0.25, 0.3) is 16.7 Å². The van der Waals surface area contributed by atoms with Crippen LogP contribution in [0.4, 0.5) is 0 Å². The minimum absolute atomic E-state index is 0.106. The maximum absolute atomic E-state index is 12.2. The summed E-state index contributed by atoms with van der Waals surface area (Å²) in [5.74, 6) is 0.782. The molecule has 3 N–H and O–H groups in total. The van der Waals surface area contributed by atoms with E-state index in [4.69, 9.17) is 5.73 Å². The summed E-state index contributed by atoms with van der Waals surface area (Å²) in [7, 11) is 0. The fourth-order valence-electron chi connectivity index (χ4n) is 2.86. The number of nitrogens with zero attached hydrogens (tertiary/aromatic N) is 1. The van der Waals surface area contributed by atoms with Crippen molar-refractivity contribution in [3.05, 3.63) is 72.2 Å². The van der Waals surface area contributed by atoms with Crippen molar-refractivity contribution in [2.45, 2.75) is 18.9 Å². The molecule has 1 aliphatic carbocycles. The number of nitrogens with two attached hydrogens (primary N) is 1. The number of rotatable bonds is 7. The second-order valence-corrected chi connectivity index (χ2v) is 7.21. The molecule has 0 radical (unpaired) electrons. The molecule has 0 aliphatic heterocycles. The SMILES string of the molecule is CSCC[C@H](N)C(=O)NC1=CC(c2cccc(-c3ccncc3)c2)=CC1. The number of hydrogen-bond acceptors (Lipinski definition) is 4. The lowest BCUT2D eigenvalue weighted by Gasteiger charge is -2.12. The van der Waals surface area contributed by atoms with Crippen LogP contribution in [-0.4, -0.2) is 28.9 Å². The van der Waals surface area contributed by atoms with E-state index in [2.05, 4.69) is 40.6 Å². The average molecular weight is 366 g/mol. The first-order chi connectivity index (χ1) is 12.7. The third-order valence-electron chi connectivity index (χ3n) is 4.33. The lowest BCUT2D eigenvalue weighted by atomic mass is 10.0. The maximum Gasteiger partial charge on any atom is 0.241 e. The van der Waals surface area contributed by atoms with Gasteiger partial charge >= 0.3 is 0 Å². The number of allylic oxidation sites excluding steroid dienone is 3. The quantitative estimate of drug-likeness (QED) is 0.786. The predicted octanol–water partition coefficient (Wildman–Crippen LogP) is 3.62. The Kier molecular flexibility index (Phi) is 6.26. The summed E-state index contributed by atoms with van der Waals surface area (Å²) in [6.07, 6.45) is 11.2. The second kappa shape index (κ2) is 8.83. The molecule has 1 aliphatic rings. The molecule has 1 aromatic carbocycles. The Balaban J connectivity index is 1.69. The Morgan fingerprint density at radius 1 is 1.23 bits per heavy atom. The zero-order valence-corrected chi connectivity index (χ0v) is 15.6. The van der Waals surface area contributed by atoms with Crippen molar-refractivity contribution >= 4 is 23.2 Å². The highest BCUT2D eigenvalue weighted by atomic mass is 32.2. The molecule has 1 amide bonds. The topological polar surface area (TPSA) is 68.0 Å². The zero-order valence-electron chi connectivity index (χ0n) is 14.8. The lowest BCUT2D eigenvalue weighted by molar-refractivity contribution is -0.121. The molecule has 0 spiro atoms. The molecule has 0 bridgehead atoms. The highest BCUT2D eigenvalue weighted by Gasteiger charge is 2.16. The van der Waals surface area contributed by atoms with Gasteiger partial charge in [0.05, 0.1) is 6.04 Å². The monoisotopic (exact) mass is 365 g/mol. The first kappa shape index (κ1) is 18.4. The van der Waals surface area contributed by atoms with Crippen molar-refractivity contribution in [2.24, 2.45) is 5.73 Å². The third kappa shape index (κ3) is 4.62. The summed E-state index contributed by atoms with van der Waals surface area (Å²) in [6, 6.07) is 11.9. The molecule has 134 valence electrons. The molecular weight excluding hydrogens is 342 g/mol. The minimum Gasteiger partial charge on any atom is -0.328 e. The van der Waals surface area contributed by atoms with Gasteiger partial charge in [-0.2, -0.15) is 11.8 Å². The standard InChI is InChI=1S/C21H23N3OS/c1-26-12-9-20(22)21(25)24-19-6-5-18(14-19)17-4-2-3-16(13-17)15-7-10-23-11-8-15/h2-5,7-8,10-11,13-14,20H,6,9,12,22H2,1H3,(H,24,25)/t20-/m0/s1. The van der Waals surface area contributed by atoms with Crippen LogP contribution in [0.3, 0.4) is 0 Å². The van der Waals surface area contributed by atoms with Gasteiger partial charge in [0.1, 0.15) is 0 Å². The molecule has 26 heavy (non-hydrogen) atoms. The lowest BCUT2D eigenvalue weighted by Crippen LogP contribution is -2.40. The van der Waals surface area contributed by atoms with Crippen molar-refractivity contribution < 1.29 is 4.79 Å². The number of amides is 1. The smallest absolute Gasteiger partial charge is 0.241 e. The van der Waals surface area contributed by atoms with Gasteiger partial charge in [-0.3, -0.25) is 9.78 Å². The zero-order chi connectivity index (χ0) is 18.4. The summed E-state index contributed by atoms with van der Waals surface area (Å²) < 4.78 is 0. The maximum atomic E-state index is 12.2. The molecule has 5 heteroatoms. The molecule has 2 aromatic rings. The Morgan fingerprint density at radius 3 is 2.77 bits per heavy atom. The van der Waals surface area contributed by atoms with Gasteiger partial charge in [0.15, 0.2) is 0 Å². The molecule has 4 nitrogen and oxygen atoms in total. The Labute approximate surface area is 158 Å². The highest BCUT2D eigenvalue weighted by molar-refractivity contribution is 7.98. The van der Waals surface area contributed by atoms with Crippen molar-refractivity contribution in [3.63, 3.8) is 0 Å². The summed E-state index contributed by atoms with van der Waals surface area (Å²) in [6.45, 7) is 0. The molecular formula is C21H23N3OS.